The van der Waals surface area contributed by atoms with Gasteiger partial charge >= 0.3 is 6.09 Å². The fourth-order valence-corrected chi connectivity index (χ4v) is 4.32. The molecule has 0 radical (unpaired) electrons. The van der Waals surface area contributed by atoms with Gasteiger partial charge in [-0.2, -0.15) is 0 Å². The number of carbonyl (C=O) groups is 3. The second-order valence-electron chi connectivity index (χ2n) is 10.3. The number of carbonyl (C=O) groups excluding carboxylic acids is 3. The van der Waals surface area contributed by atoms with E-state index in [2.05, 4.69) is 10.6 Å². The predicted octanol–water partition coefficient (Wildman–Crippen LogP) is 5.90. The Bertz CT molecular complexity index is 1260. The summed E-state index contributed by atoms with van der Waals surface area (Å²) in [5, 5.41) is 7.63. The number of benzene rings is 3. The van der Waals surface area contributed by atoms with Crippen molar-refractivity contribution in [2.75, 3.05) is 18.4 Å². The second-order valence-corrected chi connectivity index (χ2v) is 10.3. The molecule has 7 nitrogen and oxygen atoms in total. The van der Waals surface area contributed by atoms with Crippen LogP contribution in [-0.4, -0.2) is 41.5 Å². The minimum atomic E-state index is -0.877. The molecule has 3 aromatic rings. The molecule has 0 fully saturated rings. The Labute approximate surface area is 219 Å². The highest BCUT2D eigenvalue weighted by Crippen LogP contribution is 2.27. The molecule has 196 valence electrons. The molecular formula is C30H37N3O4. The van der Waals surface area contributed by atoms with Crippen molar-refractivity contribution >= 4 is 34.4 Å². The van der Waals surface area contributed by atoms with Crippen molar-refractivity contribution in [3.05, 3.63) is 77.4 Å². The van der Waals surface area contributed by atoms with Gasteiger partial charge in [-0.3, -0.25) is 9.59 Å². The zero-order chi connectivity index (χ0) is 27.2. The van der Waals surface area contributed by atoms with Crippen molar-refractivity contribution < 1.29 is 19.1 Å². The van der Waals surface area contributed by atoms with E-state index in [9.17, 15) is 14.4 Å². The first-order valence-electron chi connectivity index (χ1n) is 12.6. The molecule has 0 saturated heterocycles. The quantitative estimate of drug-likeness (QED) is 0.401. The fourth-order valence-electron chi connectivity index (χ4n) is 4.32. The molecule has 0 saturated carbocycles. The molecule has 7 heteroatoms. The van der Waals surface area contributed by atoms with Gasteiger partial charge in [0.2, 0.25) is 5.91 Å². The summed E-state index contributed by atoms with van der Waals surface area (Å²) in [5.41, 5.74) is 2.67. The van der Waals surface area contributed by atoms with Gasteiger partial charge < -0.3 is 20.3 Å². The second kappa shape index (κ2) is 11.9. The third-order valence-corrected chi connectivity index (χ3v) is 5.70. The van der Waals surface area contributed by atoms with E-state index < -0.39 is 17.7 Å². The molecule has 0 aliphatic heterocycles. The maximum atomic E-state index is 13.8. The Kier molecular flexibility index (Phi) is 8.92. The number of anilines is 1. The lowest BCUT2D eigenvalue weighted by Crippen LogP contribution is -2.46. The number of rotatable bonds is 8. The van der Waals surface area contributed by atoms with Crippen LogP contribution >= 0.6 is 0 Å². The number of hydrogen-bond donors (Lipinski definition) is 2. The minimum absolute atomic E-state index is 0.278. The van der Waals surface area contributed by atoms with Crippen LogP contribution in [0, 0.1) is 13.8 Å². The number of nitrogens with zero attached hydrogens (tertiary/aromatic N) is 1. The third-order valence-electron chi connectivity index (χ3n) is 5.70. The molecule has 0 spiro atoms. The molecule has 3 rings (SSSR count). The van der Waals surface area contributed by atoms with E-state index in [1.807, 2.05) is 81.4 Å². The summed E-state index contributed by atoms with van der Waals surface area (Å²) in [6.45, 7) is 11.2. The van der Waals surface area contributed by atoms with Crippen molar-refractivity contribution in [2.45, 2.75) is 59.6 Å². The Hall–Kier alpha value is -3.87. The van der Waals surface area contributed by atoms with Crippen LogP contribution in [0.25, 0.3) is 10.8 Å². The number of amides is 3. The van der Waals surface area contributed by atoms with E-state index >= 15 is 0 Å². The van der Waals surface area contributed by atoms with Gasteiger partial charge in [0.1, 0.15) is 18.2 Å². The predicted molar refractivity (Wildman–Crippen MR) is 147 cm³/mol. The normalized spacial score (nSPS) is 12.1. The van der Waals surface area contributed by atoms with Crippen molar-refractivity contribution in [1.29, 1.82) is 0 Å². The zero-order valence-electron chi connectivity index (χ0n) is 22.6. The zero-order valence-corrected chi connectivity index (χ0v) is 22.6. The number of aryl methyl sites for hydroxylation is 2. The molecule has 1 unspecified atom stereocenters. The molecule has 37 heavy (non-hydrogen) atoms. The highest BCUT2D eigenvalue weighted by molar-refractivity contribution is 6.00. The number of nitrogens with one attached hydrogen (secondary N) is 2. The highest BCUT2D eigenvalue weighted by atomic mass is 16.6. The molecular weight excluding hydrogens is 466 g/mol. The molecule has 0 aromatic heterocycles. The van der Waals surface area contributed by atoms with Crippen LogP contribution in [0.3, 0.4) is 0 Å². The Morgan fingerprint density at radius 3 is 2.19 bits per heavy atom. The topological polar surface area (TPSA) is 87.7 Å². The van der Waals surface area contributed by atoms with Gasteiger partial charge in [-0.25, -0.2) is 4.79 Å². The third kappa shape index (κ3) is 7.81. The largest absolute Gasteiger partial charge is 0.444 e. The van der Waals surface area contributed by atoms with Crippen LogP contribution in [0.1, 0.15) is 56.8 Å². The monoisotopic (exact) mass is 503 g/mol. The number of alkyl carbamates (subject to hydrolysis) is 1. The van der Waals surface area contributed by atoms with Gasteiger partial charge in [0.25, 0.3) is 5.91 Å². The first kappa shape index (κ1) is 27.7. The van der Waals surface area contributed by atoms with Crippen LogP contribution in [0.2, 0.25) is 0 Å². The molecule has 0 aliphatic rings. The van der Waals surface area contributed by atoms with Crippen LogP contribution in [-0.2, 0) is 14.3 Å². The highest BCUT2D eigenvalue weighted by Gasteiger charge is 2.32. The van der Waals surface area contributed by atoms with Crippen molar-refractivity contribution in [3.8, 4) is 0 Å². The smallest absolute Gasteiger partial charge is 0.408 e. The summed E-state index contributed by atoms with van der Waals surface area (Å²) in [4.78, 5) is 40.9. The summed E-state index contributed by atoms with van der Waals surface area (Å²) in [7, 11) is 0. The first-order valence-corrected chi connectivity index (χ1v) is 12.6. The maximum absolute atomic E-state index is 13.8. The summed E-state index contributed by atoms with van der Waals surface area (Å²) in [6, 6.07) is 18.6. The summed E-state index contributed by atoms with van der Waals surface area (Å²) >= 11 is 0. The Morgan fingerprint density at radius 2 is 1.57 bits per heavy atom. The van der Waals surface area contributed by atoms with Gasteiger partial charge in [-0.05, 0) is 69.5 Å². The average molecular weight is 504 g/mol. The SMILES string of the molecule is CCCN(C(=O)CNC(=O)OC(C)(C)C)C(C(=O)Nc1ccc2ccccc2c1)c1cc(C)cc(C)c1. The first-order chi connectivity index (χ1) is 17.5. The van der Waals surface area contributed by atoms with E-state index in [1.54, 1.807) is 20.8 Å². The van der Waals surface area contributed by atoms with Crippen LogP contribution < -0.4 is 10.6 Å². The van der Waals surface area contributed by atoms with Gasteiger partial charge in [0, 0.05) is 12.2 Å². The summed E-state index contributed by atoms with van der Waals surface area (Å²) in [5.74, 6) is -0.690. The lowest BCUT2D eigenvalue weighted by atomic mass is 9.98. The summed E-state index contributed by atoms with van der Waals surface area (Å²) in [6.07, 6.45) is -0.0382. The van der Waals surface area contributed by atoms with Gasteiger partial charge in [0.05, 0.1) is 0 Å². The molecule has 0 bridgehead atoms. The van der Waals surface area contributed by atoms with Gasteiger partial charge in [-0.15, -0.1) is 0 Å². The fraction of sp³-hybridized carbons (Fsp3) is 0.367. The lowest BCUT2D eigenvalue weighted by Gasteiger charge is -2.32. The minimum Gasteiger partial charge on any atom is -0.444 e. The van der Waals surface area contributed by atoms with E-state index in [0.29, 0.717) is 18.7 Å². The molecule has 3 aromatic carbocycles. The molecule has 0 aliphatic carbocycles. The number of ether oxygens (including phenoxy) is 1. The maximum Gasteiger partial charge on any atom is 0.408 e. The van der Waals surface area contributed by atoms with Crippen LogP contribution in [0.15, 0.2) is 60.7 Å². The molecule has 0 heterocycles. The molecule has 1 atom stereocenters. The Morgan fingerprint density at radius 1 is 0.919 bits per heavy atom. The standard InChI is InChI=1S/C30H37N3O4/c1-7-14-33(26(34)19-31-29(36)37-30(4,5)6)27(24-16-20(2)15-21(3)17-24)28(35)32-25-13-12-22-10-8-9-11-23(22)18-25/h8-13,15-18,27H,7,14,19H2,1-6H3,(H,31,36)(H,32,35). The lowest BCUT2D eigenvalue weighted by molar-refractivity contribution is -0.138. The van der Waals surface area contributed by atoms with E-state index in [4.69, 9.17) is 4.74 Å². The van der Waals surface area contributed by atoms with E-state index in [0.717, 1.165) is 27.5 Å². The van der Waals surface area contributed by atoms with Crippen molar-refractivity contribution in [3.63, 3.8) is 0 Å². The Balaban J connectivity index is 1.92. The molecule has 2 N–H and O–H groups in total. The number of hydrogen-bond acceptors (Lipinski definition) is 4. The van der Waals surface area contributed by atoms with Gasteiger partial charge in [-0.1, -0.05) is 66.6 Å². The van der Waals surface area contributed by atoms with E-state index in [1.165, 1.54) is 4.90 Å². The van der Waals surface area contributed by atoms with Crippen molar-refractivity contribution in [2.24, 2.45) is 0 Å². The molecule has 3 amide bonds. The van der Waals surface area contributed by atoms with Gasteiger partial charge in [0.15, 0.2) is 0 Å². The van der Waals surface area contributed by atoms with Crippen molar-refractivity contribution in [1.82, 2.24) is 10.2 Å². The van der Waals surface area contributed by atoms with Crippen LogP contribution in [0.5, 0.6) is 0 Å². The van der Waals surface area contributed by atoms with Crippen LogP contribution in [0.4, 0.5) is 10.5 Å². The summed E-state index contributed by atoms with van der Waals surface area (Å²) < 4.78 is 5.27. The number of fused-ring (bicyclic) bond motifs is 1. The van der Waals surface area contributed by atoms with E-state index in [-0.39, 0.29) is 18.4 Å². The average Bonchev–Trinajstić information content (AvgIpc) is 2.80.